The highest BCUT2D eigenvalue weighted by atomic mass is 19.4. The molecule has 2 aromatic carbocycles. The van der Waals surface area contributed by atoms with Gasteiger partial charge in [-0.1, -0.05) is 18.2 Å². The van der Waals surface area contributed by atoms with E-state index in [-0.39, 0.29) is 16.8 Å². The molecule has 0 saturated heterocycles. The number of hydrogen-bond acceptors (Lipinski definition) is 3. The van der Waals surface area contributed by atoms with Crippen molar-refractivity contribution < 1.29 is 41.4 Å². The third kappa shape index (κ3) is 5.62. The fraction of sp³-hybridized carbons (Fsp3) is 0.278. The molecule has 2 rings (SSSR count). The second kappa shape index (κ2) is 8.09. The molecule has 10 heteroatoms. The van der Waals surface area contributed by atoms with Gasteiger partial charge < -0.3 is 15.1 Å². The van der Waals surface area contributed by atoms with Crippen LogP contribution in [-0.4, -0.2) is 35.0 Å². The minimum absolute atomic E-state index is 0.0145. The minimum Gasteiger partial charge on any atom is -0.478 e. The molecule has 0 aliphatic rings. The normalized spacial score (nSPS) is 13.2. The van der Waals surface area contributed by atoms with Crippen LogP contribution in [0.3, 0.4) is 0 Å². The summed E-state index contributed by atoms with van der Waals surface area (Å²) < 4.78 is 76.9. The van der Waals surface area contributed by atoms with Crippen LogP contribution in [0.1, 0.15) is 21.5 Å². The summed E-state index contributed by atoms with van der Waals surface area (Å²) in [6, 6.07) is 8.92. The number of carboxylic acids is 1. The predicted octanol–water partition coefficient (Wildman–Crippen LogP) is 4.33. The molecule has 1 atom stereocenters. The number of aliphatic hydroxyl groups is 1. The van der Waals surface area contributed by atoms with Gasteiger partial charge in [-0.15, -0.1) is 0 Å². The topological polar surface area (TPSA) is 60.8 Å². The molecule has 1 unspecified atom stereocenters. The Bertz CT molecular complexity index is 835. The zero-order valence-electron chi connectivity index (χ0n) is 14.1. The van der Waals surface area contributed by atoms with Crippen LogP contribution in [0.2, 0.25) is 0 Å². The molecular weight excluding hydrogens is 392 g/mol. The molecule has 0 aromatic heterocycles. The lowest BCUT2D eigenvalue weighted by molar-refractivity contribution is -0.200. The summed E-state index contributed by atoms with van der Waals surface area (Å²) in [5.41, 5.74) is -1.13. The molecule has 0 saturated carbocycles. The molecule has 0 aliphatic heterocycles. The fourth-order valence-corrected chi connectivity index (χ4v) is 2.48. The summed E-state index contributed by atoms with van der Waals surface area (Å²) in [5, 5.41) is 18.4. The Labute approximate surface area is 155 Å². The van der Waals surface area contributed by atoms with Gasteiger partial charge in [0, 0.05) is 12.2 Å². The maximum Gasteiger partial charge on any atom is 0.416 e. The van der Waals surface area contributed by atoms with Crippen LogP contribution in [0.5, 0.6) is 0 Å². The number of aromatic carboxylic acids is 1. The van der Waals surface area contributed by atoms with Crippen LogP contribution in [-0.2, 0) is 12.7 Å². The lowest BCUT2D eigenvalue weighted by Crippen LogP contribution is -2.41. The van der Waals surface area contributed by atoms with Gasteiger partial charge in [-0.3, -0.25) is 0 Å². The number of aliphatic hydroxyl groups excluding tert-OH is 1. The van der Waals surface area contributed by atoms with E-state index in [2.05, 4.69) is 0 Å². The molecule has 2 N–H and O–H groups in total. The molecule has 4 nitrogen and oxygen atoms in total. The van der Waals surface area contributed by atoms with Gasteiger partial charge in [0.2, 0.25) is 0 Å². The minimum atomic E-state index is -4.95. The monoisotopic (exact) mass is 407 g/mol. The quantitative estimate of drug-likeness (QED) is 0.700. The van der Waals surface area contributed by atoms with Gasteiger partial charge >= 0.3 is 18.3 Å². The Balaban J connectivity index is 2.39. The molecule has 2 aromatic rings. The van der Waals surface area contributed by atoms with Crippen molar-refractivity contribution in [1.29, 1.82) is 0 Å². The largest absolute Gasteiger partial charge is 0.478 e. The summed E-state index contributed by atoms with van der Waals surface area (Å²) in [7, 11) is 0. The number of carboxylic acid groups (broad SMARTS) is 1. The van der Waals surface area contributed by atoms with Crippen molar-refractivity contribution in [2.45, 2.75) is 25.0 Å². The highest BCUT2D eigenvalue weighted by Crippen LogP contribution is 2.31. The Kier molecular flexibility index (Phi) is 6.23. The molecule has 152 valence electrons. The Hall–Kier alpha value is -2.75. The van der Waals surface area contributed by atoms with Crippen LogP contribution in [0, 0.1) is 0 Å². The molecule has 0 aliphatic carbocycles. The molecule has 0 fully saturated rings. The van der Waals surface area contributed by atoms with E-state index in [1.165, 1.54) is 24.3 Å². The highest BCUT2D eigenvalue weighted by molar-refractivity contribution is 5.88. The van der Waals surface area contributed by atoms with Crippen LogP contribution in [0.4, 0.5) is 32.0 Å². The number of alkyl halides is 6. The van der Waals surface area contributed by atoms with Crippen LogP contribution >= 0.6 is 0 Å². The van der Waals surface area contributed by atoms with Crippen molar-refractivity contribution >= 4 is 11.7 Å². The van der Waals surface area contributed by atoms with E-state index in [1.54, 1.807) is 0 Å². The average Bonchev–Trinajstić information content (AvgIpc) is 2.60. The number of nitrogens with zero attached hydrogens (tertiary/aromatic N) is 1. The summed E-state index contributed by atoms with van der Waals surface area (Å²) in [6.45, 7) is -1.39. The van der Waals surface area contributed by atoms with E-state index < -0.39 is 43.1 Å². The molecule has 0 radical (unpaired) electrons. The standard InChI is InChI=1S/C18H15F6NO3/c19-17(20,21)13-5-1-3-11(7-13)9-25(10-15(26)18(22,23)24)14-6-2-4-12(8-14)16(27)28/h1-8,15,26H,9-10H2,(H,27,28). The third-order valence-electron chi connectivity index (χ3n) is 3.86. The van der Waals surface area contributed by atoms with Gasteiger partial charge in [0.05, 0.1) is 17.7 Å². The number of halogens is 6. The summed E-state index contributed by atoms with van der Waals surface area (Å²) in [5.74, 6) is -1.32. The summed E-state index contributed by atoms with van der Waals surface area (Å²) >= 11 is 0. The van der Waals surface area contributed by atoms with Gasteiger partial charge in [0.1, 0.15) is 0 Å². The smallest absolute Gasteiger partial charge is 0.416 e. The Morgan fingerprint density at radius 1 is 1.00 bits per heavy atom. The maximum atomic E-state index is 12.9. The zero-order valence-corrected chi connectivity index (χ0v) is 14.1. The SMILES string of the molecule is O=C(O)c1cccc(N(Cc2cccc(C(F)(F)F)c2)CC(O)C(F)(F)F)c1. The molecular formula is C18H15F6NO3. The Morgan fingerprint density at radius 2 is 1.64 bits per heavy atom. The molecule has 0 heterocycles. The summed E-state index contributed by atoms with van der Waals surface area (Å²) in [4.78, 5) is 12.1. The van der Waals surface area contributed by atoms with Crippen molar-refractivity contribution in [3.8, 4) is 0 Å². The Morgan fingerprint density at radius 3 is 2.21 bits per heavy atom. The highest BCUT2D eigenvalue weighted by Gasteiger charge is 2.39. The lowest BCUT2D eigenvalue weighted by Gasteiger charge is -2.28. The van der Waals surface area contributed by atoms with Crippen molar-refractivity contribution in [3.63, 3.8) is 0 Å². The van der Waals surface area contributed by atoms with Crippen LogP contribution < -0.4 is 4.90 Å². The van der Waals surface area contributed by atoms with E-state index in [1.807, 2.05) is 0 Å². The zero-order chi connectivity index (χ0) is 21.1. The van der Waals surface area contributed by atoms with Crippen molar-refractivity contribution in [2.75, 3.05) is 11.4 Å². The van der Waals surface area contributed by atoms with Crippen molar-refractivity contribution in [3.05, 3.63) is 65.2 Å². The van der Waals surface area contributed by atoms with Gasteiger partial charge in [0.25, 0.3) is 0 Å². The first-order valence-corrected chi connectivity index (χ1v) is 7.87. The molecule has 0 bridgehead atoms. The van der Waals surface area contributed by atoms with E-state index in [4.69, 9.17) is 5.11 Å². The second-order valence-electron chi connectivity index (χ2n) is 5.99. The maximum absolute atomic E-state index is 12.9. The van der Waals surface area contributed by atoms with Gasteiger partial charge in [0.15, 0.2) is 6.10 Å². The summed E-state index contributed by atoms with van der Waals surface area (Å²) in [6.07, 6.45) is -12.3. The predicted molar refractivity (Wildman–Crippen MR) is 88.0 cm³/mol. The fourth-order valence-electron chi connectivity index (χ4n) is 2.48. The number of carbonyl (C=O) groups is 1. The number of benzene rings is 2. The van der Waals surface area contributed by atoms with Crippen LogP contribution in [0.25, 0.3) is 0 Å². The van der Waals surface area contributed by atoms with Crippen LogP contribution in [0.15, 0.2) is 48.5 Å². The third-order valence-corrected chi connectivity index (χ3v) is 3.86. The second-order valence-corrected chi connectivity index (χ2v) is 5.99. The van der Waals surface area contributed by atoms with E-state index >= 15 is 0 Å². The van der Waals surface area contributed by atoms with Gasteiger partial charge in [-0.25, -0.2) is 4.79 Å². The van der Waals surface area contributed by atoms with Crippen molar-refractivity contribution in [2.24, 2.45) is 0 Å². The molecule has 28 heavy (non-hydrogen) atoms. The van der Waals surface area contributed by atoms with E-state index in [9.17, 15) is 36.2 Å². The van der Waals surface area contributed by atoms with E-state index in [0.717, 1.165) is 29.2 Å². The molecule has 0 spiro atoms. The lowest BCUT2D eigenvalue weighted by atomic mass is 10.1. The van der Waals surface area contributed by atoms with Gasteiger partial charge in [-0.2, -0.15) is 26.3 Å². The van der Waals surface area contributed by atoms with E-state index in [0.29, 0.717) is 0 Å². The molecule has 0 amide bonds. The number of anilines is 1. The van der Waals surface area contributed by atoms with Gasteiger partial charge in [-0.05, 0) is 35.9 Å². The van der Waals surface area contributed by atoms with Crippen molar-refractivity contribution in [1.82, 2.24) is 0 Å². The first-order valence-electron chi connectivity index (χ1n) is 7.87. The first-order chi connectivity index (χ1) is 12.9. The number of rotatable bonds is 6. The average molecular weight is 407 g/mol. The number of hydrogen-bond donors (Lipinski definition) is 2. The first kappa shape index (κ1) is 21.5.